The zero-order valence-corrected chi connectivity index (χ0v) is 11.6. The minimum Gasteiger partial charge on any atom is -0.496 e. The fourth-order valence-electron chi connectivity index (χ4n) is 1.75. The van der Waals surface area contributed by atoms with Crippen molar-refractivity contribution < 1.29 is 9.53 Å². The van der Waals surface area contributed by atoms with E-state index in [1.165, 1.54) is 0 Å². The van der Waals surface area contributed by atoms with Crippen molar-refractivity contribution in [3.8, 4) is 17.0 Å². The molecule has 1 aromatic carbocycles. The number of primary amides is 1. The Morgan fingerprint density at radius 1 is 1.25 bits per heavy atom. The van der Waals surface area contributed by atoms with Crippen LogP contribution < -0.4 is 15.4 Å². The number of carbonyl (C=O) groups is 1. The number of methoxy groups -OCH3 is 1. The zero-order valence-electron chi connectivity index (χ0n) is 11.6. The van der Waals surface area contributed by atoms with E-state index in [2.05, 4.69) is 9.97 Å². The van der Waals surface area contributed by atoms with Gasteiger partial charge in [0, 0.05) is 19.7 Å². The molecule has 2 N–H and O–H groups in total. The van der Waals surface area contributed by atoms with Gasteiger partial charge >= 0.3 is 0 Å². The third-order valence-electron chi connectivity index (χ3n) is 2.75. The van der Waals surface area contributed by atoms with Gasteiger partial charge in [-0.05, 0) is 18.2 Å². The summed E-state index contributed by atoms with van der Waals surface area (Å²) in [5, 5.41) is 0. The van der Waals surface area contributed by atoms with Crippen LogP contribution in [0.15, 0.2) is 30.3 Å². The summed E-state index contributed by atoms with van der Waals surface area (Å²) in [6, 6.07) is 9.00. The lowest BCUT2D eigenvalue weighted by Crippen LogP contribution is -2.19. The summed E-state index contributed by atoms with van der Waals surface area (Å²) in [6.07, 6.45) is 0. The van der Waals surface area contributed by atoms with Gasteiger partial charge in [-0.1, -0.05) is 12.1 Å². The Morgan fingerprint density at radius 2 is 1.95 bits per heavy atom. The number of para-hydroxylation sites is 1. The van der Waals surface area contributed by atoms with Gasteiger partial charge < -0.3 is 15.4 Å². The van der Waals surface area contributed by atoms with Crippen LogP contribution in [0.25, 0.3) is 11.3 Å². The number of hydrogen-bond acceptors (Lipinski definition) is 5. The van der Waals surface area contributed by atoms with Crippen LogP contribution >= 0.6 is 0 Å². The number of anilines is 1. The van der Waals surface area contributed by atoms with Crippen LogP contribution in [0.4, 0.5) is 5.95 Å². The second-order valence-electron chi connectivity index (χ2n) is 4.40. The van der Waals surface area contributed by atoms with Crippen LogP contribution in [0, 0.1) is 0 Å². The second kappa shape index (κ2) is 5.56. The first-order valence-electron chi connectivity index (χ1n) is 6.02. The maximum atomic E-state index is 11.4. The Hall–Kier alpha value is -2.63. The lowest BCUT2D eigenvalue weighted by atomic mass is 10.1. The third kappa shape index (κ3) is 2.69. The maximum absolute atomic E-state index is 11.4. The highest BCUT2D eigenvalue weighted by atomic mass is 16.5. The van der Waals surface area contributed by atoms with Crippen LogP contribution in [0.3, 0.4) is 0 Å². The lowest BCUT2D eigenvalue weighted by Gasteiger charge is -2.14. The molecule has 0 unspecified atom stereocenters. The molecule has 0 aliphatic carbocycles. The number of rotatable bonds is 4. The normalized spacial score (nSPS) is 10.2. The van der Waals surface area contributed by atoms with Crippen molar-refractivity contribution in [2.24, 2.45) is 5.73 Å². The van der Waals surface area contributed by atoms with Crippen LogP contribution in [0.1, 0.15) is 10.5 Å². The molecule has 0 saturated carbocycles. The standard InChI is InChI=1S/C14H16N4O2/c1-18(2)14-16-10(8-11(17-14)13(15)19)9-6-4-5-7-12(9)20-3/h4-8H,1-3H3,(H2,15,19). The van der Waals surface area contributed by atoms with Crippen molar-refractivity contribution in [1.82, 2.24) is 9.97 Å². The van der Waals surface area contributed by atoms with Gasteiger partial charge in [0.1, 0.15) is 11.4 Å². The summed E-state index contributed by atoms with van der Waals surface area (Å²) in [5.41, 5.74) is 6.87. The summed E-state index contributed by atoms with van der Waals surface area (Å²) in [4.78, 5) is 21.6. The smallest absolute Gasteiger partial charge is 0.267 e. The Morgan fingerprint density at radius 3 is 2.55 bits per heavy atom. The maximum Gasteiger partial charge on any atom is 0.267 e. The molecule has 0 aliphatic rings. The van der Waals surface area contributed by atoms with Crippen molar-refractivity contribution in [2.45, 2.75) is 0 Å². The molecule has 0 radical (unpaired) electrons. The van der Waals surface area contributed by atoms with E-state index < -0.39 is 5.91 Å². The molecule has 6 nitrogen and oxygen atoms in total. The summed E-state index contributed by atoms with van der Waals surface area (Å²) >= 11 is 0. The first kappa shape index (κ1) is 13.8. The molecule has 1 heterocycles. The first-order chi connectivity index (χ1) is 9.52. The SMILES string of the molecule is COc1ccccc1-c1cc(C(N)=O)nc(N(C)C)n1. The first-order valence-corrected chi connectivity index (χ1v) is 6.02. The van der Waals surface area contributed by atoms with Crippen molar-refractivity contribution in [2.75, 3.05) is 26.1 Å². The second-order valence-corrected chi connectivity index (χ2v) is 4.40. The lowest BCUT2D eigenvalue weighted by molar-refractivity contribution is 0.0995. The fraction of sp³-hybridized carbons (Fsp3) is 0.214. The average Bonchev–Trinajstić information content (AvgIpc) is 2.46. The number of carbonyl (C=O) groups excluding carboxylic acids is 1. The van der Waals surface area contributed by atoms with Crippen molar-refractivity contribution in [1.29, 1.82) is 0 Å². The van der Waals surface area contributed by atoms with Gasteiger partial charge in [-0.25, -0.2) is 9.97 Å². The predicted molar refractivity (Wildman–Crippen MR) is 76.9 cm³/mol. The van der Waals surface area contributed by atoms with E-state index in [1.54, 1.807) is 32.2 Å². The van der Waals surface area contributed by atoms with Crippen LogP contribution in [0.5, 0.6) is 5.75 Å². The van der Waals surface area contributed by atoms with Gasteiger partial charge in [0.2, 0.25) is 5.95 Å². The van der Waals surface area contributed by atoms with Gasteiger partial charge in [0.25, 0.3) is 5.91 Å². The molecule has 2 aromatic rings. The van der Waals surface area contributed by atoms with Crippen molar-refractivity contribution >= 4 is 11.9 Å². The third-order valence-corrected chi connectivity index (χ3v) is 2.75. The van der Waals surface area contributed by atoms with E-state index in [0.29, 0.717) is 17.4 Å². The van der Waals surface area contributed by atoms with E-state index in [-0.39, 0.29) is 5.69 Å². The largest absolute Gasteiger partial charge is 0.496 e. The highest BCUT2D eigenvalue weighted by molar-refractivity contribution is 5.92. The van der Waals surface area contributed by atoms with E-state index in [4.69, 9.17) is 10.5 Å². The van der Waals surface area contributed by atoms with Crippen molar-refractivity contribution in [3.05, 3.63) is 36.0 Å². The van der Waals surface area contributed by atoms with Gasteiger partial charge in [0.05, 0.1) is 12.8 Å². The van der Waals surface area contributed by atoms with Gasteiger partial charge in [-0.2, -0.15) is 0 Å². The number of hydrogen-bond donors (Lipinski definition) is 1. The molecule has 0 fully saturated rings. The molecule has 1 amide bonds. The van der Waals surface area contributed by atoms with Gasteiger partial charge in [-0.15, -0.1) is 0 Å². The Balaban J connectivity index is 2.64. The number of nitrogens with zero attached hydrogens (tertiary/aromatic N) is 3. The molecule has 6 heteroatoms. The van der Waals surface area contributed by atoms with Crippen LogP contribution in [-0.2, 0) is 0 Å². The number of ether oxygens (including phenoxy) is 1. The van der Waals surface area contributed by atoms with Gasteiger partial charge in [0.15, 0.2) is 0 Å². The molecule has 2 rings (SSSR count). The summed E-state index contributed by atoms with van der Waals surface area (Å²) in [7, 11) is 5.18. The molecule has 0 aliphatic heterocycles. The van der Waals surface area contributed by atoms with Crippen LogP contribution in [0.2, 0.25) is 0 Å². The van der Waals surface area contributed by atoms with Crippen molar-refractivity contribution in [3.63, 3.8) is 0 Å². The Bertz CT molecular complexity index is 641. The van der Waals surface area contributed by atoms with E-state index in [1.807, 2.05) is 24.3 Å². The molecule has 0 bridgehead atoms. The monoisotopic (exact) mass is 272 g/mol. The number of nitrogens with two attached hydrogens (primary N) is 1. The Labute approximate surface area is 117 Å². The minimum absolute atomic E-state index is 0.171. The summed E-state index contributed by atoms with van der Waals surface area (Å²) in [5.74, 6) is 0.500. The molecule has 1 aromatic heterocycles. The average molecular weight is 272 g/mol. The van der Waals surface area contributed by atoms with E-state index in [0.717, 1.165) is 5.56 Å². The quantitative estimate of drug-likeness (QED) is 0.907. The van der Waals surface area contributed by atoms with Gasteiger partial charge in [-0.3, -0.25) is 4.79 Å². The highest BCUT2D eigenvalue weighted by Crippen LogP contribution is 2.29. The molecule has 0 spiro atoms. The summed E-state index contributed by atoms with van der Waals surface area (Å²) < 4.78 is 5.31. The molecular weight excluding hydrogens is 256 g/mol. The molecule has 20 heavy (non-hydrogen) atoms. The highest BCUT2D eigenvalue weighted by Gasteiger charge is 2.14. The minimum atomic E-state index is -0.591. The molecule has 104 valence electrons. The number of amides is 1. The van der Waals surface area contributed by atoms with E-state index >= 15 is 0 Å². The Kier molecular flexibility index (Phi) is 3.84. The molecule has 0 saturated heterocycles. The molecular formula is C14H16N4O2. The topological polar surface area (TPSA) is 81.3 Å². The zero-order chi connectivity index (χ0) is 14.7. The van der Waals surface area contributed by atoms with E-state index in [9.17, 15) is 4.79 Å². The fourth-order valence-corrected chi connectivity index (χ4v) is 1.75. The number of aromatic nitrogens is 2. The molecule has 0 atom stereocenters. The number of benzene rings is 1. The summed E-state index contributed by atoms with van der Waals surface area (Å²) in [6.45, 7) is 0. The van der Waals surface area contributed by atoms with Crippen LogP contribution in [-0.4, -0.2) is 37.1 Å². The predicted octanol–water partition coefficient (Wildman–Crippen LogP) is 1.32.